The monoisotopic (exact) mass is 420 g/mol. The molecule has 0 aromatic heterocycles. The van der Waals surface area contributed by atoms with E-state index in [0.717, 1.165) is 36.8 Å². The van der Waals surface area contributed by atoms with Gasteiger partial charge in [0.1, 0.15) is 0 Å². The molecule has 0 amide bonds. The van der Waals surface area contributed by atoms with Crippen LogP contribution in [0.25, 0.3) is 0 Å². The molecule has 4 rings (SSSR count). The van der Waals surface area contributed by atoms with E-state index in [1.165, 1.54) is 9.87 Å². The zero-order valence-electron chi connectivity index (χ0n) is 15.6. The van der Waals surface area contributed by atoms with Crippen molar-refractivity contribution in [2.75, 3.05) is 23.1 Å². The number of fused-ring (bicyclic) bond motifs is 2. The maximum atomic E-state index is 12.7. The number of nitrogens with one attached hydrogen (secondary N) is 1. The van der Waals surface area contributed by atoms with Gasteiger partial charge in [0.05, 0.1) is 16.3 Å². The van der Waals surface area contributed by atoms with Crippen molar-refractivity contribution in [2.24, 2.45) is 0 Å². The highest BCUT2D eigenvalue weighted by Gasteiger charge is 2.29. The Hall–Kier alpha value is -1.90. The summed E-state index contributed by atoms with van der Waals surface area (Å²) in [6.45, 7) is 0.250. The summed E-state index contributed by atoms with van der Waals surface area (Å²) in [6, 6.07) is 12.6. The van der Waals surface area contributed by atoms with Gasteiger partial charge in [-0.2, -0.15) is 0 Å². The Kier molecular flexibility index (Phi) is 5.20. The van der Waals surface area contributed by atoms with E-state index < -0.39 is 20.0 Å². The predicted molar refractivity (Wildman–Crippen MR) is 110 cm³/mol. The molecule has 1 aliphatic carbocycles. The molecule has 6 nitrogen and oxygen atoms in total. The van der Waals surface area contributed by atoms with Crippen LogP contribution in [0.15, 0.2) is 47.4 Å². The zero-order chi connectivity index (χ0) is 19.8. The first-order valence-electron chi connectivity index (χ1n) is 9.57. The molecule has 0 fully saturated rings. The van der Waals surface area contributed by atoms with Gasteiger partial charge in [-0.15, -0.1) is 0 Å². The maximum absolute atomic E-state index is 12.7. The lowest BCUT2D eigenvalue weighted by Gasteiger charge is -2.20. The maximum Gasteiger partial charge on any atom is 0.240 e. The molecule has 2 aromatic carbocycles. The van der Waals surface area contributed by atoms with Crippen LogP contribution in [0.2, 0.25) is 0 Å². The van der Waals surface area contributed by atoms with Crippen molar-refractivity contribution in [1.82, 2.24) is 4.72 Å². The second kappa shape index (κ2) is 7.50. The third kappa shape index (κ3) is 3.81. The van der Waals surface area contributed by atoms with Gasteiger partial charge in [0.15, 0.2) is 0 Å². The molecular weight excluding hydrogens is 396 g/mol. The first-order chi connectivity index (χ1) is 13.4. The van der Waals surface area contributed by atoms with Crippen molar-refractivity contribution < 1.29 is 16.8 Å². The summed E-state index contributed by atoms with van der Waals surface area (Å²) in [5, 5.41) is 0. The number of hydrogen-bond donors (Lipinski definition) is 1. The second-order valence-corrected chi connectivity index (χ2v) is 11.1. The summed E-state index contributed by atoms with van der Waals surface area (Å²) in [6.07, 6.45) is 4.75. The normalized spacial score (nSPS) is 16.6. The number of aryl methyl sites for hydroxylation is 2. The molecule has 0 radical (unpaired) electrons. The molecule has 28 heavy (non-hydrogen) atoms. The molecule has 2 aromatic rings. The minimum absolute atomic E-state index is 0.152. The van der Waals surface area contributed by atoms with E-state index >= 15 is 0 Å². The van der Waals surface area contributed by atoms with Crippen molar-refractivity contribution in [2.45, 2.75) is 37.0 Å². The Morgan fingerprint density at radius 3 is 2.43 bits per heavy atom. The molecule has 150 valence electrons. The standard InChI is InChI=1S/C20H24N2O4S2/c23-27(24,22-13-11-17-6-3-4-8-20(17)22)14-12-21-28(25,26)19-10-9-16-5-1-2-7-18(16)15-19/h3-4,6,8-10,15,21H,1-2,5,7,11-14H2. The summed E-state index contributed by atoms with van der Waals surface area (Å²) < 4.78 is 54.4. The van der Waals surface area contributed by atoms with Crippen LogP contribution < -0.4 is 9.03 Å². The lowest BCUT2D eigenvalue weighted by molar-refractivity contribution is 0.579. The summed E-state index contributed by atoms with van der Waals surface area (Å²) in [5.74, 6) is -0.272. The number of hydrogen-bond acceptors (Lipinski definition) is 4. The van der Waals surface area contributed by atoms with Crippen LogP contribution in [-0.4, -0.2) is 35.7 Å². The molecule has 1 heterocycles. The Labute approximate surface area is 166 Å². The van der Waals surface area contributed by atoms with Crippen molar-refractivity contribution in [1.29, 1.82) is 0 Å². The van der Waals surface area contributed by atoms with E-state index in [1.807, 2.05) is 24.3 Å². The fourth-order valence-corrected chi connectivity index (χ4v) is 6.61. The third-order valence-electron chi connectivity index (χ3n) is 5.46. The molecule has 1 aliphatic heterocycles. The number of benzene rings is 2. The average molecular weight is 421 g/mol. The van der Waals surface area contributed by atoms with Crippen LogP contribution in [-0.2, 0) is 39.3 Å². The molecular formula is C20H24N2O4S2. The Morgan fingerprint density at radius 1 is 0.857 bits per heavy atom. The van der Waals surface area contributed by atoms with Crippen LogP contribution in [0.5, 0.6) is 0 Å². The van der Waals surface area contributed by atoms with Crippen LogP contribution in [0.4, 0.5) is 5.69 Å². The molecule has 0 unspecified atom stereocenters. The Balaban J connectivity index is 1.43. The van der Waals surface area contributed by atoms with Gasteiger partial charge in [-0.25, -0.2) is 21.6 Å². The minimum atomic E-state index is -3.73. The first kappa shape index (κ1) is 19.4. The number of para-hydroxylation sites is 1. The molecule has 1 N–H and O–H groups in total. The van der Waals surface area contributed by atoms with Crippen LogP contribution in [0, 0.1) is 0 Å². The van der Waals surface area contributed by atoms with Gasteiger partial charge in [-0.3, -0.25) is 4.31 Å². The van der Waals surface area contributed by atoms with Gasteiger partial charge in [0.2, 0.25) is 20.0 Å². The molecule has 0 saturated carbocycles. The smallest absolute Gasteiger partial charge is 0.240 e. The van der Waals surface area contributed by atoms with Gasteiger partial charge in [0.25, 0.3) is 0 Å². The van der Waals surface area contributed by atoms with Gasteiger partial charge in [-0.1, -0.05) is 24.3 Å². The van der Waals surface area contributed by atoms with Crippen LogP contribution in [0.3, 0.4) is 0 Å². The lowest BCUT2D eigenvalue weighted by Crippen LogP contribution is -2.37. The van der Waals surface area contributed by atoms with Crippen LogP contribution in [0.1, 0.15) is 29.5 Å². The molecule has 0 atom stereocenters. The van der Waals surface area contributed by atoms with Crippen molar-refractivity contribution in [3.8, 4) is 0 Å². The summed E-state index contributed by atoms with van der Waals surface area (Å²) >= 11 is 0. The Morgan fingerprint density at radius 2 is 1.61 bits per heavy atom. The summed E-state index contributed by atoms with van der Waals surface area (Å²) in [7, 11) is -7.32. The molecule has 0 saturated heterocycles. The highest BCUT2D eigenvalue weighted by molar-refractivity contribution is 7.93. The largest absolute Gasteiger partial charge is 0.270 e. The number of nitrogens with zero attached hydrogens (tertiary/aromatic N) is 1. The van der Waals surface area contributed by atoms with E-state index in [0.29, 0.717) is 18.7 Å². The van der Waals surface area contributed by atoms with Crippen molar-refractivity contribution in [3.05, 3.63) is 59.2 Å². The van der Waals surface area contributed by atoms with Gasteiger partial charge < -0.3 is 0 Å². The van der Waals surface area contributed by atoms with E-state index in [1.54, 1.807) is 18.2 Å². The average Bonchev–Trinajstić information content (AvgIpc) is 3.12. The van der Waals surface area contributed by atoms with Gasteiger partial charge >= 0.3 is 0 Å². The molecule has 0 spiro atoms. The fourth-order valence-electron chi connectivity index (χ4n) is 3.97. The SMILES string of the molecule is O=S(=O)(NCCS(=O)(=O)N1CCc2ccccc21)c1ccc2c(c1)CCCC2. The quantitative estimate of drug-likeness (QED) is 0.777. The van der Waals surface area contributed by atoms with Gasteiger partial charge in [-0.05, 0) is 67.0 Å². The van der Waals surface area contributed by atoms with E-state index in [2.05, 4.69) is 4.72 Å². The number of rotatable bonds is 6. The minimum Gasteiger partial charge on any atom is -0.270 e. The van der Waals surface area contributed by atoms with E-state index in [4.69, 9.17) is 0 Å². The Bertz CT molecular complexity index is 1090. The third-order valence-corrected chi connectivity index (χ3v) is 8.69. The van der Waals surface area contributed by atoms with Crippen molar-refractivity contribution in [3.63, 3.8) is 0 Å². The predicted octanol–water partition coefficient (Wildman–Crippen LogP) is 2.24. The topological polar surface area (TPSA) is 83.5 Å². The summed E-state index contributed by atoms with van der Waals surface area (Å²) in [4.78, 5) is 0.206. The van der Waals surface area contributed by atoms with Crippen molar-refractivity contribution >= 4 is 25.7 Å². The van der Waals surface area contributed by atoms with E-state index in [9.17, 15) is 16.8 Å². The molecule has 8 heteroatoms. The number of anilines is 1. The zero-order valence-corrected chi connectivity index (χ0v) is 17.2. The lowest BCUT2D eigenvalue weighted by atomic mass is 9.92. The second-order valence-electron chi connectivity index (χ2n) is 7.30. The molecule has 0 bridgehead atoms. The highest BCUT2D eigenvalue weighted by atomic mass is 32.2. The van der Waals surface area contributed by atoms with Gasteiger partial charge in [0, 0.05) is 13.1 Å². The molecule has 2 aliphatic rings. The highest BCUT2D eigenvalue weighted by Crippen LogP contribution is 2.30. The van der Waals surface area contributed by atoms with Crippen LogP contribution >= 0.6 is 0 Å². The fraction of sp³-hybridized carbons (Fsp3) is 0.400. The van der Waals surface area contributed by atoms with E-state index in [-0.39, 0.29) is 17.2 Å². The first-order valence-corrected chi connectivity index (χ1v) is 12.7. The number of sulfonamides is 2. The summed E-state index contributed by atoms with van der Waals surface area (Å²) in [5.41, 5.74) is 3.98.